The third-order valence-electron chi connectivity index (χ3n) is 3.84. The van der Waals surface area contributed by atoms with Crippen LogP contribution in [0.15, 0.2) is 30.5 Å². The van der Waals surface area contributed by atoms with Crippen LogP contribution in [0.3, 0.4) is 0 Å². The van der Waals surface area contributed by atoms with Gasteiger partial charge in [0.1, 0.15) is 0 Å². The maximum atomic E-state index is 12.5. The summed E-state index contributed by atoms with van der Waals surface area (Å²) in [5, 5.41) is 12.7. The zero-order valence-corrected chi connectivity index (χ0v) is 13.6. The Balaban J connectivity index is 2.25. The third-order valence-corrected chi connectivity index (χ3v) is 3.84. The Hall–Kier alpha value is -2.34. The van der Waals surface area contributed by atoms with Crippen molar-refractivity contribution >= 4 is 22.8 Å². The fourth-order valence-electron chi connectivity index (χ4n) is 2.27. The fraction of sp³-hybridized carbons (Fsp3) is 0.412. The molecule has 0 fully saturated rings. The maximum absolute atomic E-state index is 12.5. The lowest BCUT2D eigenvalue weighted by Gasteiger charge is -2.19. The van der Waals surface area contributed by atoms with E-state index < -0.39 is 11.4 Å². The van der Waals surface area contributed by atoms with Gasteiger partial charge in [-0.25, -0.2) is 0 Å². The van der Waals surface area contributed by atoms with E-state index in [0.717, 1.165) is 10.9 Å². The van der Waals surface area contributed by atoms with Crippen molar-refractivity contribution < 1.29 is 19.4 Å². The number of methoxy groups -OCH3 is 1. The summed E-state index contributed by atoms with van der Waals surface area (Å²) in [7, 11) is 1.63. The molecule has 1 aromatic carbocycles. The van der Waals surface area contributed by atoms with Crippen LogP contribution < -0.4 is 5.32 Å². The number of nitrogens with one attached hydrogen (secondary N) is 1. The van der Waals surface area contributed by atoms with Crippen LogP contribution in [0, 0.1) is 5.41 Å². The molecule has 2 aromatic rings. The molecule has 23 heavy (non-hydrogen) atoms. The molecule has 124 valence electrons. The summed E-state index contributed by atoms with van der Waals surface area (Å²) in [6, 6.07) is 7.63. The van der Waals surface area contributed by atoms with Crippen LogP contribution in [-0.4, -0.2) is 41.8 Å². The molecule has 0 spiro atoms. The first-order valence-corrected chi connectivity index (χ1v) is 7.45. The number of ether oxygens (including phenoxy) is 1. The van der Waals surface area contributed by atoms with Gasteiger partial charge >= 0.3 is 5.97 Å². The highest BCUT2D eigenvalue weighted by atomic mass is 16.5. The smallest absolute Gasteiger partial charge is 0.310 e. The number of rotatable bonds is 7. The van der Waals surface area contributed by atoms with Crippen LogP contribution in [0.5, 0.6) is 0 Å². The summed E-state index contributed by atoms with van der Waals surface area (Å²) < 4.78 is 7.06. The van der Waals surface area contributed by atoms with E-state index in [2.05, 4.69) is 5.32 Å². The molecule has 6 heteroatoms. The molecule has 0 aliphatic rings. The quantitative estimate of drug-likeness (QED) is 0.819. The number of aliphatic carboxylic acids is 1. The van der Waals surface area contributed by atoms with Gasteiger partial charge in [-0.15, -0.1) is 0 Å². The maximum Gasteiger partial charge on any atom is 0.310 e. The number of hydrogen-bond donors (Lipinski definition) is 2. The van der Waals surface area contributed by atoms with Gasteiger partial charge in [0.05, 0.1) is 17.6 Å². The third kappa shape index (κ3) is 3.71. The van der Waals surface area contributed by atoms with Crippen molar-refractivity contribution in [1.29, 1.82) is 0 Å². The lowest BCUT2D eigenvalue weighted by Crippen LogP contribution is -2.38. The molecule has 2 N–H and O–H groups in total. The highest BCUT2D eigenvalue weighted by Gasteiger charge is 2.28. The summed E-state index contributed by atoms with van der Waals surface area (Å²) >= 11 is 0. The zero-order chi connectivity index (χ0) is 17.0. The molecule has 1 heterocycles. The van der Waals surface area contributed by atoms with Crippen molar-refractivity contribution in [2.24, 2.45) is 5.41 Å². The minimum absolute atomic E-state index is 0.0682. The molecule has 2 rings (SSSR count). The number of carboxylic acids is 1. The number of aromatic nitrogens is 1. The number of benzene rings is 1. The van der Waals surface area contributed by atoms with Crippen LogP contribution in [-0.2, 0) is 16.1 Å². The molecule has 0 aliphatic carbocycles. The first-order chi connectivity index (χ1) is 10.9. The van der Waals surface area contributed by atoms with Gasteiger partial charge in [-0.1, -0.05) is 18.2 Å². The Kier molecular flexibility index (Phi) is 5.05. The van der Waals surface area contributed by atoms with Gasteiger partial charge in [0.2, 0.25) is 0 Å². The van der Waals surface area contributed by atoms with Crippen LogP contribution >= 0.6 is 0 Å². The average Bonchev–Trinajstić information content (AvgIpc) is 2.89. The number of carbonyl (C=O) groups is 2. The van der Waals surface area contributed by atoms with Crippen molar-refractivity contribution in [3.63, 3.8) is 0 Å². The molecule has 0 bridgehead atoms. The summed E-state index contributed by atoms with van der Waals surface area (Å²) in [5.74, 6) is -1.22. The lowest BCUT2D eigenvalue weighted by atomic mass is 9.94. The molecule has 0 atom stereocenters. The zero-order valence-electron chi connectivity index (χ0n) is 13.6. The van der Waals surface area contributed by atoms with Gasteiger partial charge in [0.15, 0.2) is 0 Å². The highest BCUT2D eigenvalue weighted by Crippen LogP contribution is 2.22. The molecular formula is C17H22N2O4. The number of nitrogens with zero attached hydrogens (tertiary/aromatic N) is 1. The SMILES string of the molecule is COCCn1cc(C(=O)NCC(C)(C)C(=O)O)c2ccccc21. The van der Waals surface area contributed by atoms with E-state index in [1.807, 2.05) is 28.8 Å². The molecule has 6 nitrogen and oxygen atoms in total. The number of fused-ring (bicyclic) bond motifs is 1. The van der Waals surface area contributed by atoms with E-state index >= 15 is 0 Å². The normalized spacial score (nSPS) is 11.6. The van der Waals surface area contributed by atoms with Crippen LogP contribution in [0.4, 0.5) is 0 Å². The van der Waals surface area contributed by atoms with E-state index in [1.54, 1.807) is 27.2 Å². The standard InChI is InChI=1S/C17H22N2O4/c1-17(2,16(21)22)11-18-15(20)13-10-19(8-9-23-3)14-7-5-4-6-12(13)14/h4-7,10H,8-9,11H2,1-3H3,(H,18,20)(H,21,22). The lowest BCUT2D eigenvalue weighted by molar-refractivity contribution is -0.146. The minimum atomic E-state index is -1.01. The molecule has 0 saturated heterocycles. The largest absolute Gasteiger partial charge is 0.481 e. The molecule has 0 saturated carbocycles. The Morgan fingerprint density at radius 2 is 2.00 bits per heavy atom. The predicted octanol–water partition coefficient (Wildman–Crippen LogP) is 2.13. The van der Waals surface area contributed by atoms with Crippen molar-refractivity contribution in [3.8, 4) is 0 Å². The Labute approximate surface area is 135 Å². The molecule has 0 radical (unpaired) electrons. The van der Waals surface area contributed by atoms with Gasteiger partial charge in [-0.2, -0.15) is 0 Å². The van der Waals surface area contributed by atoms with Crippen molar-refractivity contribution in [1.82, 2.24) is 9.88 Å². The molecule has 1 amide bonds. The second-order valence-corrected chi connectivity index (χ2v) is 6.12. The number of carbonyl (C=O) groups excluding carboxylic acids is 1. The fourth-order valence-corrected chi connectivity index (χ4v) is 2.27. The Morgan fingerprint density at radius 3 is 2.65 bits per heavy atom. The number of amides is 1. The van der Waals surface area contributed by atoms with Gasteiger partial charge in [0.25, 0.3) is 5.91 Å². The van der Waals surface area contributed by atoms with E-state index in [1.165, 1.54) is 0 Å². The van der Waals surface area contributed by atoms with Gasteiger partial charge in [-0.3, -0.25) is 9.59 Å². The summed E-state index contributed by atoms with van der Waals surface area (Å²) in [6.45, 7) is 4.42. The monoisotopic (exact) mass is 318 g/mol. The average molecular weight is 318 g/mol. The van der Waals surface area contributed by atoms with Crippen molar-refractivity contribution in [3.05, 3.63) is 36.0 Å². The van der Waals surface area contributed by atoms with E-state index in [9.17, 15) is 9.59 Å². The number of carboxylic acid groups (broad SMARTS) is 1. The molecular weight excluding hydrogens is 296 g/mol. The summed E-state index contributed by atoms with van der Waals surface area (Å²) in [5.41, 5.74) is 0.481. The van der Waals surface area contributed by atoms with E-state index in [4.69, 9.17) is 9.84 Å². The highest BCUT2D eigenvalue weighted by molar-refractivity contribution is 6.07. The van der Waals surface area contributed by atoms with Crippen molar-refractivity contribution in [2.75, 3.05) is 20.3 Å². The molecule has 0 unspecified atom stereocenters. The topological polar surface area (TPSA) is 80.6 Å². The Morgan fingerprint density at radius 1 is 1.30 bits per heavy atom. The second-order valence-electron chi connectivity index (χ2n) is 6.12. The summed E-state index contributed by atoms with van der Waals surface area (Å²) in [4.78, 5) is 23.6. The van der Waals surface area contributed by atoms with Gasteiger partial charge in [0, 0.05) is 37.3 Å². The van der Waals surface area contributed by atoms with Crippen LogP contribution in [0.2, 0.25) is 0 Å². The van der Waals surface area contributed by atoms with Gasteiger partial charge in [-0.05, 0) is 19.9 Å². The first kappa shape index (κ1) is 17.0. The molecule has 1 aromatic heterocycles. The van der Waals surface area contributed by atoms with E-state index in [-0.39, 0.29) is 12.5 Å². The second kappa shape index (κ2) is 6.83. The van der Waals surface area contributed by atoms with Gasteiger partial charge < -0.3 is 19.7 Å². The predicted molar refractivity (Wildman–Crippen MR) is 87.6 cm³/mol. The summed E-state index contributed by atoms with van der Waals surface area (Å²) in [6.07, 6.45) is 1.78. The van der Waals surface area contributed by atoms with Crippen LogP contribution in [0.25, 0.3) is 10.9 Å². The Bertz CT molecular complexity index is 718. The van der Waals surface area contributed by atoms with Crippen molar-refractivity contribution in [2.45, 2.75) is 20.4 Å². The number of para-hydroxylation sites is 1. The first-order valence-electron chi connectivity index (χ1n) is 7.45. The van der Waals surface area contributed by atoms with Crippen LogP contribution in [0.1, 0.15) is 24.2 Å². The number of hydrogen-bond acceptors (Lipinski definition) is 3. The molecule has 0 aliphatic heterocycles. The van der Waals surface area contributed by atoms with E-state index in [0.29, 0.717) is 18.7 Å². The minimum Gasteiger partial charge on any atom is -0.481 e.